The highest BCUT2D eigenvalue weighted by atomic mass is 19.1. The number of halogens is 1. The number of carbonyl (C=O) groups is 1. The third kappa shape index (κ3) is 1.44. The number of hydrogen-bond acceptors (Lipinski definition) is 3. The van der Waals surface area contributed by atoms with E-state index in [1.165, 1.54) is 12.1 Å². The van der Waals surface area contributed by atoms with Gasteiger partial charge in [-0.3, -0.25) is 4.79 Å². The van der Waals surface area contributed by atoms with Crippen LogP contribution in [0.4, 0.5) is 4.39 Å². The first-order chi connectivity index (χ1) is 8.10. The van der Waals surface area contributed by atoms with Gasteiger partial charge in [-0.15, -0.1) is 0 Å². The lowest BCUT2D eigenvalue weighted by atomic mass is 10.0. The molecule has 17 heavy (non-hydrogen) atoms. The van der Waals surface area contributed by atoms with E-state index in [1.54, 1.807) is 12.1 Å². The summed E-state index contributed by atoms with van der Waals surface area (Å²) < 4.78 is 13.0. The minimum absolute atomic E-state index is 0.0590. The maximum atomic E-state index is 13.0. The average molecular weight is 224 g/mol. The van der Waals surface area contributed by atoms with Gasteiger partial charge in [-0.1, -0.05) is 12.6 Å². The Labute approximate surface area is 96.7 Å². The molecule has 0 unspecified atom stereocenters. The fourth-order valence-electron chi connectivity index (χ4n) is 1.78. The van der Waals surface area contributed by atoms with Crippen molar-refractivity contribution in [1.82, 2.24) is 0 Å². The molecule has 0 amide bonds. The standard InChI is InChI=1S/C13H5FN2O/c1-7-12(8(5-15)6-16)10-3-2-9(14)4-11(10)13(7)17/h2-4H,1H2. The van der Waals surface area contributed by atoms with Crippen LogP contribution in [0.3, 0.4) is 0 Å². The Morgan fingerprint density at radius 1 is 1.24 bits per heavy atom. The van der Waals surface area contributed by atoms with Crippen molar-refractivity contribution >= 4 is 11.4 Å². The fourth-order valence-corrected chi connectivity index (χ4v) is 1.78. The molecule has 0 spiro atoms. The second kappa shape index (κ2) is 3.70. The van der Waals surface area contributed by atoms with E-state index in [-0.39, 0.29) is 22.3 Å². The summed E-state index contributed by atoms with van der Waals surface area (Å²) in [5, 5.41) is 17.6. The molecule has 3 nitrogen and oxygen atoms in total. The van der Waals surface area contributed by atoms with Gasteiger partial charge in [-0.05, 0) is 17.7 Å². The molecule has 0 aliphatic heterocycles. The predicted octanol–water partition coefficient (Wildman–Crippen LogP) is 2.38. The van der Waals surface area contributed by atoms with E-state index in [9.17, 15) is 9.18 Å². The van der Waals surface area contributed by atoms with Crippen molar-refractivity contribution in [3.05, 3.63) is 52.9 Å². The summed E-state index contributed by atoms with van der Waals surface area (Å²) in [5.74, 6) is -0.987. The lowest BCUT2D eigenvalue weighted by Gasteiger charge is -1.99. The molecule has 80 valence electrons. The van der Waals surface area contributed by atoms with Crippen LogP contribution >= 0.6 is 0 Å². The Kier molecular flexibility index (Phi) is 2.34. The van der Waals surface area contributed by atoms with Gasteiger partial charge in [-0.2, -0.15) is 10.5 Å². The van der Waals surface area contributed by atoms with E-state index in [1.807, 2.05) is 0 Å². The Hall–Kier alpha value is -2.72. The number of hydrogen-bond donors (Lipinski definition) is 0. The first kappa shape index (κ1) is 10.8. The van der Waals surface area contributed by atoms with E-state index in [0.717, 1.165) is 6.07 Å². The zero-order chi connectivity index (χ0) is 12.6. The Balaban J connectivity index is 2.84. The molecule has 0 fully saturated rings. The maximum Gasteiger partial charge on any atom is 0.193 e. The SMILES string of the molecule is C=C1C(=O)c2cc(F)ccc2C1=C(C#N)C#N. The van der Waals surface area contributed by atoms with Gasteiger partial charge < -0.3 is 0 Å². The van der Waals surface area contributed by atoms with Crippen LogP contribution in [0.5, 0.6) is 0 Å². The van der Waals surface area contributed by atoms with Gasteiger partial charge >= 0.3 is 0 Å². The summed E-state index contributed by atoms with van der Waals surface area (Å²) in [4.78, 5) is 11.8. The molecule has 1 aliphatic carbocycles. The molecule has 2 rings (SSSR count). The van der Waals surface area contributed by atoms with Crippen LogP contribution in [0.15, 0.2) is 35.9 Å². The number of allylic oxidation sites excluding steroid dienone is 3. The second-order valence-electron chi connectivity index (χ2n) is 3.47. The number of fused-ring (bicyclic) bond motifs is 1. The molecule has 0 bridgehead atoms. The molecule has 0 heterocycles. The van der Waals surface area contributed by atoms with Crippen LogP contribution in [-0.2, 0) is 0 Å². The average Bonchev–Trinajstić information content (AvgIpc) is 2.56. The Morgan fingerprint density at radius 2 is 1.88 bits per heavy atom. The van der Waals surface area contributed by atoms with E-state index in [4.69, 9.17) is 10.5 Å². The summed E-state index contributed by atoms with van der Waals surface area (Å²) >= 11 is 0. The highest BCUT2D eigenvalue weighted by Crippen LogP contribution is 2.37. The molecule has 0 saturated heterocycles. The van der Waals surface area contributed by atoms with Gasteiger partial charge in [0.2, 0.25) is 0 Å². The number of nitrogens with zero attached hydrogens (tertiary/aromatic N) is 2. The third-order valence-electron chi connectivity index (χ3n) is 2.55. The Bertz CT molecular complexity index is 656. The van der Waals surface area contributed by atoms with Gasteiger partial charge in [0, 0.05) is 16.7 Å². The summed E-state index contributed by atoms with van der Waals surface area (Å²) in [5.41, 5.74) is 0.611. The van der Waals surface area contributed by atoms with E-state index in [0.29, 0.717) is 5.56 Å². The molecule has 0 N–H and O–H groups in total. The van der Waals surface area contributed by atoms with Crippen molar-refractivity contribution in [3.63, 3.8) is 0 Å². The van der Waals surface area contributed by atoms with Crippen molar-refractivity contribution in [2.45, 2.75) is 0 Å². The number of carbonyl (C=O) groups excluding carboxylic acids is 1. The smallest absolute Gasteiger partial charge is 0.193 e. The molecule has 1 aromatic carbocycles. The highest BCUT2D eigenvalue weighted by molar-refractivity contribution is 6.27. The molecule has 0 radical (unpaired) electrons. The Morgan fingerprint density at radius 3 is 2.47 bits per heavy atom. The largest absolute Gasteiger partial charge is 0.289 e. The lowest BCUT2D eigenvalue weighted by molar-refractivity contribution is 0.104. The number of ketones is 1. The first-order valence-corrected chi connectivity index (χ1v) is 4.68. The molecule has 0 atom stereocenters. The summed E-state index contributed by atoms with van der Waals surface area (Å²) in [6, 6.07) is 7.07. The molecule has 1 aromatic rings. The zero-order valence-electron chi connectivity index (χ0n) is 8.62. The number of benzene rings is 1. The summed E-state index contributed by atoms with van der Waals surface area (Å²) in [7, 11) is 0. The minimum atomic E-state index is -0.540. The number of nitriles is 2. The van der Waals surface area contributed by atoms with Crippen LogP contribution in [0.1, 0.15) is 15.9 Å². The molecule has 4 heteroatoms. The summed E-state index contributed by atoms with van der Waals surface area (Å²) in [6.45, 7) is 3.55. The van der Waals surface area contributed by atoms with Gasteiger partial charge in [-0.25, -0.2) is 4.39 Å². The van der Waals surface area contributed by atoms with Crippen LogP contribution in [0.2, 0.25) is 0 Å². The molecular weight excluding hydrogens is 219 g/mol. The first-order valence-electron chi connectivity index (χ1n) is 4.68. The van der Waals surface area contributed by atoms with Gasteiger partial charge in [0.15, 0.2) is 5.78 Å². The van der Waals surface area contributed by atoms with Gasteiger partial charge in [0.1, 0.15) is 23.5 Å². The van der Waals surface area contributed by atoms with E-state index >= 15 is 0 Å². The van der Waals surface area contributed by atoms with Crippen molar-refractivity contribution < 1.29 is 9.18 Å². The predicted molar refractivity (Wildman–Crippen MR) is 58.0 cm³/mol. The molecule has 0 saturated carbocycles. The third-order valence-corrected chi connectivity index (χ3v) is 2.55. The quantitative estimate of drug-likeness (QED) is 0.502. The van der Waals surface area contributed by atoms with Crippen LogP contribution in [0, 0.1) is 28.5 Å². The fraction of sp³-hybridized carbons (Fsp3) is 0. The van der Waals surface area contributed by atoms with Crippen LogP contribution in [-0.4, -0.2) is 5.78 Å². The molecule has 0 aromatic heterocycles. The van der Waals surface area contributed by atoms with Crippen LogP contribution < -0.4 is 0 Å². The molecule has 1 aliphatic rings. The van der Waals surface area contributed by atoms with Gasteiger partial charge in [0.25, 0.3) is 0 Å². The monoisotopic (exact) mass is 224 g/mol. The highest BCUT2D eigenvalue weighted by Gasteiger charge is 2.31. The zero-order valence-corrected chi connectivity index (χ0v) is 8.62. The molecular formula is C13H5FN2O. The van der Waals surface area contributed by atoms with E-state index < -0.39 is 11.6 Å². The van der Waals surface area contributed by atoms with Crippen molar-refractivity contribution in [1.29, 1.82) is 10.5 Å². The number of Topliss-reactive ketones (excluding diaryl/α,β-unsaturated/α-hetero) is 1. The normalized spacial score (nSPS) is 13.0. The second-order valence-corrected chi connectivity index (χ2v) is 3.47. The maximum absolute atomic E-state index is 13.0. The minimum Gasteiger partial charge on any atom is -0.289 e. The van der Waals surface area contributed by atoms with Crippen LogP contribution in [0.25, 0.3) is 5.57 Å². The lowest BCUT2D eigenvalue weighted by Crippen LogP contribution is -1.94. The number of rotatable bonds is 0. The van der Waals surface area contributed by atoms with Crippen molar-refractivity contribution in [2.75, 3.05) is 0 Å². The summed E-state index contributed by atoms with van der Waals surface area (Å²) in [6.07, 6.45) is 0. The van der Waals surface area contributed by atoms with Crippen molar-refractivity contribution in [2.24, 2.45) is 0 Å². The topological polar surface area (TPSA) is 64.7 Å². The van der Waals surface area contributed by atoms with Gasteiger partial charge in [0.05, 0.1) is 0 Å². The van der Waals surface area contributed by atoms with Crippen molar-refractivity contribution in [3.8, 4) is 12.1 Å². The van der Waals surface area contributed by atoms with E-state index in [2.05, 4.69) is 6.58 Å².